The Balaban J connectivity index is 1.65. The number of aromatic nitrogens is 7. The predicted molar refractivity (Wildman–Crippen MR) is 95.9 cm³/mol. The Morgan fingerprint density at radius 2 is 2.26 bits per heavy atom. The molecule has 3 aromatic rings. The van der Waals surface area contributed by atoms with Crippen molar-refractivity contribution in [2.45, 2.75) is 32.4 Å². The summed E-state index contributed by atoms with van der Waals surface area (Å²) in [7, 11) is 1.61. The molecule has 0 fully saturated rings. The van der Waals surface area contributed by atoms with Crippen LogP contribution in [-0.4, -0.2) is 54.5 Å². The fourth-order valence-corrected chi connectivity index (χ4v) is 2.76. The Bertz CT molecular complexity index is 861. The number of rotatable bonds is 9. The van der Waals surface area contributed by atoms with E-state index in [0.29, 0.717) is 25.3 Å². The molecule has 10 heteroatoms. The Labute approximate surface area is 156 Å². The maximum atomic E-state index is 12.8. The second-order valence-electron chi connectivity index (χ2n) is 6.05. The van der Waals surface area contributed by atoms with Crippen LogP contribution in [0.25, 0.3) is 0 Å². The topological polar surface area (TPSA) is 113 Å². The molecular formula is C17H22N8O2. The monoisotopic (exact) mass is 370 g/mol. The average Bonchev–Trinajstić information content (AvgIpc) is 3.35. The third-order valence-corrected chi connectivity index (χ3v) is 4.15. The number of hydrogen-bond donors (Lipinski definition) is 1. The summed E-state index contributed by atoms with van der Waals surface area (Å²) in [6.07, 6.45) is 4.34. The van der Waals surface area contributed by atoms with Gasteiger partial charge >= 0.3 is 0 Å². The van der Waals surface area contributed by atoms with Gasteiger partial charge in [0.25, 0.3) is 0 Å². The minimum absolute atomic E-state index is 0.133. The van der Waals surface area contributed by atoms with Crippen LogP contribution >= 0.6 is 0 Å². The first-order valence-electron chi connectivity index (χ1n) is 8.65. The van der Waals surface area contributed by atoms with Crippen molar-refractivity contribution in [1.82, 2.24) is 40.3 Å². The van der Waals surface area contributed by atoms with E-state index in [-0.39, 0.29) is 5.91 Å². The normalized spacial score (nSPS) is 11.9. The highest BCUT2D eigenvalue weighted by Crippen LogP contribution is 2.19. The smallest absolute Gasteiger partial charge is 0.245 e. The molecule has 142 valence electrons. The van der Waals surface area contributed by atoms with Crippen LogP contribution in [0.3, 0.4) is 0 Å². The summed E-state index contributed by atoms with van der Waals surface area (Å²) in [6.45, 7) is 2.98. The number of carbonyl (C=O) groups is 1. The Morgan fingerprint density at radius 3 is 2.96 bits per heavy atom. The minimum atomic E-state index is -0.543. The van der Waals surface area contributed by atoms with Gasteiger partial charge in [0.05, 0.1) is 7.11 Å². The standard InChI is InChI=1S/C17H22N8O2/c1-13-21-22-23-25(13)16(10-14-5-3-6-15(9-14)27-2)17(26)19-7-4-8-24-12-18-11-20-24/h3,5-6,9,11-12,16H,4,7-8,10H2,1-2H3,(H,19,26)/t16-/m1/s1. The molecule has 0 saturated carbocycles. The first kappa shape index (κ1) is 18.5. The molecule has 1 atom stereocenters. The summed E-state index contributed by atoms with van der Waals surface area (Å²) in [6, 6.07) is 7.08. The highest BCUT2D eigenvalue weighted by molar-refractivity contribution is 5.80. The number of aryl methyl sites for hydroxylation is 2. The molecular weight excluding hydrogens is 348 g/mol. The van der Waals surface area contributed by atoms with E-state index in [1.165, 1.54) is 6.33 Å². The van der Waals surface area contributed by atoms with Crippen LogP contribution in [0.5, 0.6) is 5.75 Å². The van der Waals surface area contributed by atoms with Crippen molar-refractivity contribution in [2.24, 2.45) is 0 Å². The third-order valence-electron chi connectivity index (χ3n) is 4.15. The third kappa shape index (κ3) is 4.87. The summed E-state index contributed by atoms with van der Waals surface area (Å²) in [5.41, 5.74) is 0.965. The molecule has 2 heterocycles. The molecule has 27 heavy (non-hydrogen) atoms. The summed E-state index contributed by atoms with van der Waals surface area (Å²) in [5, 5.41) is 18.6. The lowest BCUT2D eigenvalue weighted by atomic mass is 10.0. The lowest BCUT2D eigenvalue weighted by Crippen LogP contribution is -2.35. The van der Waals surface area contributed by atoms with E-state index in [1.54, 1.807) is 29.7 Å². The van der Waals surface area contributed by atoms with Crippen LogP contribution in [0.4, 0.5) is 0 Å². The summed E-state index contributed by atoms with van der Waals surface area (Å²) in [4.78, 5) is 16.7. The molecule has 1 aromatic carbocycles. The highest BCUT2D eigenvalue weighted by atomic mass is 16.5. The van der Waals surface area contributed by atoms with Gasteiger partial charge < -0.3 is 10.1 Å². The van der Waals surface area contributed by atoms with E-state index in [4.69, 9.17) is 4.74 Å². The average molecular weight is 370 g/mol. The molecule has 0 aliphatic heterocycles. The van der Waals surface area contributed by atoms with E-state index in [1.807, 2.05) is 24.3 Å². The van der Waals surface area contributed by atoms with Crippen molar-refractivity contribution in [2.75, 3.05) is 13.7 Å². The van der Waals surface area contributed by atoms with Crippen molar-refractivity contribution in [3.8, 4) is 5.75 Å². The van der Waals surface area contributed by atoms with Crippen LogP contribution in [0.15, 0.2) is 36.9 Å². The largest absolute Gasteiger partial charge is 0.497 e. The fraction of sp³-hybridized carbons (Fsp3) is 0.412. The van der Waals surface area contributed by atoms with Gasteiger partial charge in [-0.05, 0) is 41.5 Å². The fourth-order valence-electron chi connectivity index (χ4n) is 2.76. The van der Waals surface area contributed by atoms with E-state index >= 15 is 0 Å². The molecule has 1 N–H and O–H groups in total. The Hall–Kier alpha value is -3.30. The first-order chi connectivity index (χ1) is 13.2. The molecule has 0 radical (unpaired) electrons. The molecule has 2 aromatic heterocycles. The SMILES string of the molecule is COc1cccc(C[C@H](C(=O)NCCCn2cncn2)n2nnnc2C)c1. The van der Waals surface area contributed by atoms with Crippen LogP contribution < -0.4 is 10.1 Å². The number of hydrogen-bond acceptors (Lipinski definition) is 7. The molecule has 10 nitrogen and oxygen atoms in total. The first-order valence-corrected chi connectivity index (χ1v) is 8.65. The summed E-state index contributed by atoms with van der Waals surface area (Å²) in [5.74, 6) is 1.19. The second-order valence-corrected chi connectivity index (χ2v) is 6.05. The molecule has 0 aliphatic carbocycles. The van der Waals surface area contributed by atoms with E-state index < -0.39 is 6.04 Å². The van der Waals surface area contributed by atoms with Gasteiger partial charge in [-0.25, -0.2) is 9.67 Å². The number of carbonyl (C=O) groups excluding carboxylic acids is 1. The van der Waals surface area contributed by atoms with Crippen LogP contribution in [-0.2, 0) is 17.8 Å². The van der Waals surface area contributed by atoms with Crippen molar-refractivity contribution in [3.05, 3.63) is 48.3 Å². The number of tetrazole rings is 1. The lowest BCUT2D eigenvalue weighted by molar-refractivity contribution is -0.124. The van der Waals surface area contributed by atoms with Gasteiger partial charge in [-0.15, -0.1) is 5.10 Å². The van der Waals surface area contributed by atoms with Gasteiger partial charge in [-0.1, -0.05) is 12.1 Å². The zero-order chi connectivity index (χ0) is 19.1. The van der Waals surface area contributed by atoms with Crippen LogP contribution in [0.1, 0.15) is 23.9 Å². The van der Waals surface area contributed by atoms with E-state index in [0.717, 1.165) is 17.7 Å². The van der Waals surface area contributed by atoms with Crippen LogP contribution in [0.2, 0.25) is 0 Å². The second kappa shape index (κ2) is 8.88. The molecule has 0 aliphatic rings. The molecule has 1 amide bonds. The molecule has 3 rings (SSSR count). The Kier molecular flexibility index (Phi) is 6.08. The van der Waals surface area contributed by atoms with Gasteiger partial charge in [0.15, 0.2) is 0 Å². The van der Waals surface area contributed by atoms with Gasteiger partial charge in [-0.3, -0.25) is 9.48 Å². The lowest BCUT2D eigenvalue weighted by Gasteiger charge is -2.18. The van der Waals surface area contributed by atoms with Crippen molar-refractivity contribution in [3.63, 3.8) is 0 Å². The van der Waals surface area contributed by atoms with Crippen molar-refractivity contribution < 1.29 is 9.53 Å². The number of nitrogens with zero attached hydrogens (tertiary/aromatic N) is 7. The number of amides is 1. The van der Waals surface area contributed by atoms with Gasteiger partial charge in [-0.2, -0.15) is 5.10 Å². The van der Waals surface area contributed by atoms with Crippen molar-refractivity contribution in [1.29, 1.82) is 0 Å². The number of ether oxygens (including phenoxy) is 1. The maximum Gasteiger partial charge on any atom is 0.245 e. The van der Waals surface area contributed by atoms with Gasteiger partial charge in [0, 0.05) is 19.5 Å². The van der Waals surface area contributed by atoms with Gasteiger partial charge in [0.1, 0.15) is 30.3 Å². The molecule has 0 saturated heterocycles. The van der Waals surface area contributed by atoms with E-state index in [9.17, 15) is 4.79 Å². The number of methoxy groups -OCH3 is 1. The predicted octanol–water partition coefficient (Wildman–Crippen LogP) is 0.572. The summed E-state index contributed by atoms with van der Waals surface area (Å²) >= 11 is 0. The van der Waals surface area contributed by atoms with Crippen molar-refractivity contribution >= 4 is 5.91 Å². The molecule has 0 unspecified atom stereocenters. The number of nitrogens with one attached hydrogen (secondary N) is 1. The Morgan fingerprint density at radius 1 is 1.37 bits per heavy atom. The zero-order valence-corrected chi connectivity index (χ0v) is 15.3. The quantitative estimate of drug-likeness (QED) is 0.548. The molecule has 0 bridgehead atoms. The maximum absolute atomic E-state index is 12.8. The van der Waals surface area contributed by atoms with E-state index in [2.05, 4.69) is 30.9 Å². The zero-order valence-electron chi connectivity index (χ0n) is 15.3. The number of benzene rings is 1. The van der Waals surface area contributed by atoms with Crippen LogP contribution in [0, 0.1) is 6.92 Å². The van der Waals surface area contributed by atoms with Gasteiger partial charge in [0.2, 0.25) is 5.91 Å². The minimum Gasteiger partial charge on any atom is -0.497 e. The summed E-state index contributed by atoms with van der Waals surface area (Å²) < 4.78 is 8.54. The molecule has 0 spiro atoms. The highest BCUT2D eigenvalue weighted by Gasteiger charge is 2.24.